The zero-order valence-electron chi connectivity index (χ0n) is 21.8. The van der Waals surface area contributed by atoms with Gasteiger partial charge < -0.3 is 25.9 Å². The predicted octanol–water partition coefficient (Wildman–Crippen LogP) is 3.75. The summed E-state index contributed by atoms with van der Waals surface area (Å²) in [7, 11) is -3.99. The number of anilines is 1. The average molecular weight is 572 g/mol. The van der Waals surface area contributed by atoms with Crippen molar-refractivity contribution in [1.82, 2.24) is 19.6 Å². The molecule has 2 atom stereocenters. The first kappa shape index (κ1) is 28.6. The fourth-order valence-electron chi connectivity index (χ4n) is 4.25. The number of nitrogens with two attached hydrogens (primary N) is 1. The Labute approximate surface area is 231 Å². The second kappa shape index (κ2) is 12.6. The van der Waals surface area contributed by atoms with E-state index in [1.807, 2.05) is 44.2 Å². The Morgan fingerprint density at radius 1 is 1.18 bits per heavy atom. The van der Waals surface area contributed by atoms with E-state index < -0.39 is 28.3 Å². The minimum absolute atomic E-state index is 0.0123. The summed E-state index contributed by atoms with van der Waals surface area (Å²) < 4.78 is 34.1. The fourth-order valence-corrected chi connectivity index (χ4v) is 6.40. The number of carbonyl (C=O) groups is 1. The lowest BCUT2D eigenvalue weighted by molar-refractivity contribution is 0.0876. The van der Waals surface area contributed by atoms with Crippen LogP contribution in [0.5, 0.6) is 0 Å². The first-order valence-electron chi connectivity index (χ1n) is 12.5. The maximum absolute atomic E-state index is 13.7. The number of aromatic amines is 1. The summed E-state index contributed by atoms with van der Waals surface area (Å²) in [4.78, 5) is 20.4. The molecule has 0 aliphatic heterocycles. The molecule has 2 aromatic heterocycles. The van der Waals surface area contributed by atoms with Gasteiger partial charge in [0.2, 0.25) is 10.0 Å². The van der Waals surface area contributed by atoms with Crippen molar-refractivity contribution in [2.24, 2.45) is 5.92 Å². The lowest BCUT2D eigenvalue weighted by Crippen LogP contribution is -2.51. The van der Waals surface area contributed by atoms with Crippen molar-refractivity contribution in [3.05, 3.63) is 76.7 Å². The van der Waals surface area contributed by atoms with Gasteiger partial charge in [0.15, 0.2) is 0 Å². The van der Waals surface area contributed by atoms with E-state index in [1.54, 1.807) is 23.8 Å². The molecule has 0 spiro atoms. The summed E-state index contributed by atoms with van der Waals surface area (Å²) in [6, 6.07) is 15.0. The molecular weight excluding hydrogens is 538 g/mol. The van der Waals surface area contributed by atoms with Crippen molar-refractivity contribution < 1.29 is 23.1 Å². The van der Waals surface area contributed by atoms with Crippen molar-refractivity contribution in [2.45, 2.75) is 43.9 Å². The first-order chi connectivity index (χ1) is 18.6. The molecule has 0 aliphatic rings. The Kier molecular flexibility index (Phi) is 9.23. The number of amides is 1. The zero-order valence-corrected chi connectivity index (χ0v) is 23.4. The Bertz CT molecular complexity index is 1470. The number of fused-ring (bicyclic) bond motifs is 1. The van der Waals surface area contributed by atoms with Crippen molar-refractivity contribution in [3.8, 4) is 0 Å². The zero-order chi connectivity index (χ0) is 28.0. The normalized spacial score (nSPS) is 13.6. The Morgan fingerprint density at radius 2 is 1.95 bits per heavy atom. The molecule has 0 bridgehead atoms. The number of aromatic nitrogens is 2. The van der Waals surface area contributed by atoms with Gasteiger partial charge in [0.25, 0.3) is 0 Å². The molecule has 1 amide bonds. The van der Waals surface area contributed by atoms with Gasteiger partial charge in [-0.15, -0.1) is 11.3 Å². The Hall–Kier alpha value is -3.45. The van der Waals surface area contributed by atoms with Gasteiger partial charge in [-0.1, -0.05) is 50.2 Å². The van der Waals surface area contributed by atoms with E-state index in [1.165, 1.54) is 27.8 Å². The van der Waals surface area contributed by atoms with Crippen LogP contribution in [0, 0.1) is 5.92 Å². The number of rotatable bonds is 12. The van der Waals surface area contributed by atoms with Gasteiger partial charge in [0, 0.05) is 30.2 Å². The second-order valence-electron chi connectivity index (χ2n) is 9.74. The maximum atomic E-state index is 13.7. The van der Waals surface area contributed by atoms with Crippen LogP contribution in [0.2, 0.25) is 0 Å². The molecule has 0 radical (unpaired) electrons. The topological polar surface area (TPSA) is 151 Å². The molecule has 10 nitrogen and oxygen atoms in total. The van der Waals surface area contributed by atoms with Gasteiger partial charge in [-0.3, -0.25) is 4.98 Å². The van der Waals surface area contributed by atoms with Crippen LogP contribution in [0.1, 0.15) is 24.3 Å². The minimum Gasteiger partial charge on any atom is -0.444 e. The lowest BCUT2D eigenvalue weighted by atomic mass is 10.0. The summed E-state index contributed by atoms with van der Waals surface area (Å²) in [5.41, 5.74) is 8.95. The van der Waals surface area contributed by atoms with Crippen LogP contribution in [0.15, 0.2) is 71.2 Å². The standard InChI is InChI=1S/C27H33N5O5S2/c1-18(2)14-32(39(35,36)22-9-8-20-11-26(28)30-23(20)12-22)15-25(33)24(10-19-6-4-3-5-7-19)31-27(34)37-16-21-13-29-17-38-21/h3-9,11-13,17-18,24-25,30,33H,10,14-16,28H2,1-2H3,(H,31,34)/t24-,25-/m0/s1. The highest BCUT2D eigenvalue weighted by Crippen LogP contribution is 2.24. The van der Waals surface area contributed by atoms with Gasteiger partial charge in [0.05, 0.1) is 27.4 Å². The number of H-pyrrole nitrogens is 1. The van der Waals surface area contributed by atoms with Crippen molar-refractivity contribution in [2.75, 3.05) is 18.8 Å². The number of aliphatic hydroxyl groups is 1. The van der Waals surface area contributed by atoms with Crippen molar-refractivity contribution in [3.63, 3.8) is 0 Å². The van der Waals surface area contributed by atoms with Crippen LogP contribution in [-0.4, -0.2) is 59.1 Å². The summed E-state index contributed by atoms with van der Waals surface area (Å²) >= 11 is 1.36. The quantitative estimate of drug-likeness (QED) is 0.202. The average Bonchev–Trinajstić information content (AvgIpc) is 3.55. The molecule has 2 aromatic carbocycles. The van der Waals surface area contributed by atoms with E-state index in [9.17, 15) is 18.3 Å². The number of hydrogen-bond donors (Lipinski definition) is 4. The van der Waals surface area contributed by atoms with Gasteiger partial charge >= 0.3 is 6.09 Å². The highest BCUT2D eigenvalue weighted by molar-refractivity contribution is 7.89. The molecule has 5 N–H and O–H groups in total. The van der Waals surface area contributed by atoms with Gasteiger partial charge in [-0.2, -0.15) is 4.31 Å². The molecule has 0 fully saturated rings. The third kappa shape index (κ3) is 7.57. The fraction of sp³-hybridized carbons (Fsp3) is 0.333. The van der Waals surface area contributed by atoms with E-state index in [-0.39, 0.29) is 36.9 Å². The largest absolute Gasteiger partial charge is 0.444 e. The van der Waals surface area contributed by atoms with E-state index in [2.05, 4.69) is 15.3 Å². The van der Waals surface area contributed by atoms with Crippen LogP contribution in [0.25, 0.3) is 10.9 Å². The summed E-state index contributed by atoms with van der Waals surface area (Å²) in [6.45, 7) is 3.81. The molecule has 0 unspecified atom stereocenters. The molecule has 12 heteroatoms. The third-order valence-corrected chi connectivity index (χ3v) is 8.69. The number of alkyl carbamates (subject to hydrolysis) is 1. The van der Waals surface area contributed by atoms with Crippen LogP contribution >= 0.6 is 11.3 Å². The van der Waals surface area contributed by atoms with E-state index in [0.717, 1.165) is 15.8 Å². The number of hydrogen-bond acceptors (Lipinski definition) is 8. The van der Waals surface area contributed by atoms with Crippen LogP contribution in [-0.2, 0) is 27.8 Å². The summed E-state index contributed by atoms with van der Waals surface area (Å²) in [5.74, 6) is 0.424. The molecule has 2 heterocycles. The Morgan fingerprint density at radius 3 is 2.64 bits per heavy atom. The second-order valence-corrected chi connectivity index (χ2v) is 12.7. The molecule has 39 heavy (non-hydrogen) atoms. The van der Waals surface area contributed by atoms with E-state index >= 15 is 0 Å². The van der Waals surface area contributed by atoms with E-state index in [0.29, 0.717) is 11.3 Å². The Balaban J connectivity index is 1.55. The number of sulfonamides is 1. The van der Waals surface area contributed by atoms with Gasteiger partial charge in [-0.25, -0.2) is 13.2 Å². The number of nitrogen functional groups attached to an aromatic ring is 1. The number of aliphatic hydroxyl groups excluding tert-OH is 1. The minimum atomic E-state index is -3.99. The number of nitrogens with zero attached hydrogens (tertiary/aromatic N) is 2. The molecule has 0 saturated heterocycles. The molecule has 208 valence electrons. The molecule has 4 aromatic rings. The molecule has 4 rings (SSSR count). The van der Waals surface area contributed by atoms with Crippen LogP contribution in [0.3, 0.4) is 0 Å². The number of thiazole rings is 1. The number of carbonyl (C=O) groups excluding carboxylic acids is 1. The monoisotopic (exact) mass is 571 g/mol. The van der Waals surface area contributed by atoms with Crippen molar-refractivity contribution >= 4 is 44.2 Å². The molecule has 0 saturated carbocycles. The lowest BCUT2D eigenvalue weighted by Gasteiger charge is -2.30. The number of ether oxygens (including phenoxy) is 1. The highest BCUT2D eigenvalue weighted by Gasteiger charge is 2.32. The van der Waals surface area contributed by atoms with E-state index in [4.69, 9.17) is 10.5 Å². The number of nitrogens with one attached hydrogen (secondary N) is 2. The SMILES string of the molecule is CC(C)CN(C[C@H](O)[C@H](Cc1ccccc1)NC(=O)OCc1cncs1)S(=O)(=O)c1ccc2cc(N)[nH]c2c1. The smallest absolute Gasteiger partial charge is 0.407 e. The number of benzene rings is 2. The first-order valence-corrected chi connectivity index (χ1v) is 14.8. The van der Waals surface area contributed by atoms with Gasteiger partial charge in [0.1, 0.15) is 12.4 Å². The highest BCUT2D eigenvalue weighted by atomic mass is 32.2. The maximum Gasteiger partial charge on any atom is 0.407 e. The molecular formula is C27H33N5O5S2. The van der Waals surface area contributed by atoms with Gasteiger partial charge in [-0.05, 0) is 36.1 Å². The molecule has 0 aliphatic carbocycles. The van der Waals surface area contributed by atoms with Crippen LogP contribution < -0.4 is 11.1 Å². The van der Waals surface area contributed by atoms with Crippen molar-refractivity contribution in [1.29, 1.82) is 0 Å². The summed E-state index contributed by atoms with van der Waals surface area (Å²) in [6.07, 6.45) is -0.0427. The van der Waals surface area contributed by atoms with Crippen LogP contribution in [0.4, 0.5) is 10.6 Å². The third-order valence-electron chi connectivity index (χ3n) is 6.11. The summed E-state index contributed by atoms with van der Waals surface area (Å²) in [5, 5.41) is 14.9. The predicted molar refractivity (Wildman–Crippen MR) is 152 cm³/mol.